The Labute approximate surface area is 95.4 Å². The standard InChI is InChI=1S/C12H17N3O/c1-14-12(16)9-4-5-11(10(13)8-9)15-6-2-3-7-15/h4-5,8H,2-3,6-7,13H2,1H3,(H,14,16). The Bertz CT molecular complexity index is 397. The lowest BCUT2D eigenvalue weighted by molar-refractivity contribution is 0.0963. The summed E-state index contributed by atoms with van der Waals surface area (Å²) < 4.78 is 0. The van der Waals surface area contributed by atoms with Crippen molar-refractivity contribution >= 4 is 17.3 Å². The molecule has 1 aromatic carbocycles. The molecule has 0 aliphatic carbocycles. The lowest BCUT2D eigenvalue weighted by atomic mass is 10.1. The first kappa shape index (κ1) is 10.8. The Kier molecular flexibility index (Phi) is 2.99. The Hall–Kier alpha value is -1.71. The predicted molar refractivity (Wildman–Crippen MR) is 65.7 cm³/mol. The molecular formula is C12H17N3O. The van der Waals surface area contributed by atoms with Crippen LogP contribution in [0, 0.1) is 0 Å². The molecule has 16 heavy (non-hydrogen) atoms. The highest BCUT2D eigenvalue weighted by molar-refractivity contribution is 5.96. The average molecular weight is 219 g/mol. The van der Waals surface area contributed by atoms with Crippen LogP contribution in [0.1, 0.15) is 23.2 Å². The van der Waals surface area contributed by atoms with Gasteiger partial charge in [0.05, 0.1) is 11.4 Å². The zero-order valence-electron chi connectivity index (χ0n) is 9.49. The highest BCUT2D eigenvalue weighted by atomic mass is 16.1. The number of benzene rings is 1. The monoisotopic (exact) mass is 219 g/mol. The van der Waals surface area contributed by atoms with Crippen LogP contribution in [-0.2, 0) is 0 Å². The SMILES string of the molecule is CNC(=O)c1ccc(N2CCCC2)c(N)c1. The number of nitrogens with two attached hydrogens (primary N) is 1. The van der Waals surface area contributed by atoms with E-state index in [9.17, 15) is 4.79 Å². The van der Waals surface area contributed by atoms with E-state index < -0.39 is 0 Å². The summed E-state index contributed by atoms with van der Waals surface area (Å²) in [5.74, 6) is -0.0975. The number of rotatable bonds is 2. The Morgan fingerprint density at radius 3 is 2.62 bits per heavy atom. The molecule has 0 spiro atoms. The summed E-state index contributed by atoms with van der Waals surface area (Å²) in [6, 6.07) is 5.50. The number of carbonyl (C=O) groups is 1. The molecule has 0 radical (unpaired) electrons. The van der Waals surface area contributed by atoms with Gasteiger partial charge in [-0.1, -0.05) is 0 Å². The minimum atomic E-state index is -0.0975. The van der Waals surface area contributed by atoms with E-state index in [2.05, 4.69) is 10.2 Å². The molecule has 1 amide bonds. The highest BCUT2D eigenvalue weighted by Gasteiger charge is 2.15. The fraction of sp³-hybridized carbons (Fsp3) is 0.417. The summed E-state index contributed by atoms with van der Waals surface area (Å²) in [6.45, 7) is 2.12. The van der Waals surface area contributed by atoms with Gasteiger partial charge in [-0.25, -0.2) is 0 Å². The Morgan fingerprint density at radius 1 is 1.38 bits per heavy atom. The molecule has 0 saturated carbocycles. The maximum atomic E-state index is 11.4. The number of hydrogen-bond acceptors (Lipinski definition) is 3. The van der Waals surface area contributed by atoms with Crippen molar-refractivity contribution in [3.63, 3.8) is 0 Å². The maximum absolute atomic E-state index is 11.4. The number of carbonyl (C=O) groups excluding carboxylic acids is 1. The maximum Gasteiger partial charge on any atom is 0.251 e. The Balaban J connectivity index is 2.25. The highest BCUT2D eigenvalue weighted by Crippen LogP contribution is 2.27. The summed E-state index contributed by atoms with van der Waals surface area (Å²) in [5.41, 5.74) is 8.32. The van der Waals surface area contributed by atoms with Gasteiger partial charge in [0.2, 0.25) is 0 Å². The van der Waals surface area contributed by atoms with Gasteiger partial charge in [-0.05, 0) is 31.0 Å². The van der Waals surface area contributed by atoms with Gasteiger partial charge in [0, 0.05) is 25.7 Å². The van der Waals surface area contributed by atoms with Crippen LogP contribution in [-0.4, -0.2) is 26.0 Å². The number of amides is 1. The molecule has 2 rings (SSSR count). The minimum Gasteiger partial charge on any atom is -0.397 e. The molecule has 1 aliphatic heterocycles. The molecule has 0 atom stereocenters. The van der Waals surface area contributed by atoms with Crippen molar-refractivity contribution in [1.29, 1.82) is 0 Å². The fourth-order valence-corrected chi connectivity index (χ4v) is 2.09. The van der Waals surface area contributed by atoms with E-state index in [-0.39, 0.29) is 5.91 Å². The number of hydrogen-bond donors (Lipinski definition) is 2. The Morgan fingerprint density at radius 2 is 2.06 bits per heavy atom. The molecule has 0 aromatic heterocycles. The third-order valence-electron chi connectivity index (χ3n) is 2.96. The number of nitrogens with zero attached hydrogens (tertiary/aromatic N) is 1. The molecule has 1 aromatic rings. The van der Waals surface area contributed by atoms with Crippen molar-refractivity contribution in [2.24, 2.45) is 0 Å². The predicted octanol–water partition coefficient (Wildman–Crippen LogP) is 1.23. The molecule has 0 bridgehead atoms. The van der Waals surface area contributed by atoms with Crippen LogP contribution < -0.4 is 16.0 Å². The zero-order chi connectivity index (χ0) is 11.5. The van der Waals surface area contributed by atoms with Crippen molar-refractivity contribution in [2.75, 3.05) is 30.8 Å². The molecule has 3 N–H and O–H groups in total. The summed E-state index contributed by atoms with van der Waals surface area (Å²) in [5, 5.41) is 2.59. The lowest BCUT2D eigenvalue weighted by Gasteiger charge is -2.20. The normalized spacial score (nSPS) is 15.2. The van der Waals surface area contributed by atoms with Crippen LogP contribution in [0.3, 0.4) is 0 Å². The largest absolute Gasteiger partial charge is 0.397 e. The molecule has 4 heteroatoms. The molecule has 86 valence electrons. The van der Waals surface area contributed by atoms with Crippen LogP contribution in [0.2, 0.25) is 0 Å². The average Bonchev–Trinajstić information content (AvgIpc) is 2.81. The molecule has 1 heterocycles. The van der Waals surface area contributed by atoms with Gasteiger partial charge in [-0.3, -0.25) is 4.79 Å². The van der Waals surface area contributed by atoms with Gasteiger partial charge < -0.3 is 16.0 Å². The molecule has 1 saturated heterocycles. The number of anilines is 2. The van der Waals surface area contributed by atoms with Crippen molar-refractivity contribution < 1.29 is 4.79 Å². The van der Waals surface area contributed by atoms with Gasteiger partial charge >= 0.3 is 0 Å². The first-order valence-corrected chi connectivity index (χ1v) is 5.59. The van der Waals surface area contributed by atoms with Gasteiger partial charge in [0.1, 0.15) is 0 Å². The van der Waals surface area contributed by atoms with Crippen LogP contribution in [0.4, 0.5) is 11.4 Å². The third-order valence-corrected chi connectivity index (χ3v) is 2.96. The molecule has 4 nitrogen and oxygen atoms in total. The molecule has 1 fully saturated rings. The second kappa shape index (κ2) is 4.43. The summed E-state index contributed by atoms with van der Waals surface area (Å²) in [4.78, 5) is 13.7. The van der Waals surface area contributed by atoms with Crippen molar-refractivity contribution in [1.82, 2.24) is 5.32 Å². The van der Waals surface area contributed by atoms with Gasteiger partial charge in [0.15, 0.2) is 0 Å². The van der Waals surface area contributed by atoms with Crippen molar-refractivity contribution in [3.8, 4) is 0 Å². The summed E-state index contributed by atoms with van der Waals surface area (Å²) in [7, 11) is 1.62. The number of nitrogen functional groups attached to an aromatic ring is 1. The summed E-state index contributed by atoms with van der Waals surface area (Å²) in [6.07, 6.45) is 2.44. The molecule has 0 unspecified atom stereocenters. The van der Waals surface area contributed by atoms with E-state index in [0.717, 1.165) is 18.8 Å². The van der Waals surface area contributed by atoms with Crippen molar-refractivity contribution in [2.45, 2.75) is 12.8 Å². The van der Waals surface area contributed by atoms with E-state index in [4.69, 9.17) is 5.73 Å². The van der Waals surface area contributed by atoms with Crippen LogP contribution in [0.15, 0.2) is 18.2 Å². The smallest absolute Gasteiger partial charge is 0.251 e. The van der Waals surface area contributed by atoms with Crippen LogP contribution in [0.5, 0.6) is 0 Å². The minimum absolute atomic E-state index is 0.0975. The zero-order valence-corrected chi connectivity index (χ0v) is 9.49. The third kappa shape index (κ3) is 1.96. The topological polar surface area (TPSA) is 58.4 Å². The van der Waals surface area contributed by atoms with E-state index in [0.29, 0.717) is 11.3 Å². The second-order valence-electron chi connectivity index (χ2n) is 4.05. The molecule has 1 aliphatic rings. The van der Waals surface area contributed by atoms with E-state index >= 15 is 0 Å². The first-order valence-electron chi connectivity index (χ1n) is 5.59. The van der Waals surface area contributed by atoms with E-state index in [1.165, 1.54) is 12.8 Å². The van der Waals surface area contributed by atoms with Gasteiger partial charge in [0.25, 0.3) is 5.91 Å². The van der Waals surface area contributed by atoms with E-state index in [1.807, 2.05) is 12.1 Å². The number of nitrogens with one attached hydrogen (secondary N) is 1. The summed E-state index contributed by atoms with van der Waals surface area (Å²) >= 11 is 0. The van der Waals surface area contributed by atoms with Crippen LogP contribution >= 0.6 is 0 Å². The molecular weight excluding hydrogens is 202 g/mol. The van der Waals surface area contributed by atoms with Crippen molar-refractivity contribution in [3.05, 3.63) is 23.8 Å². The van der Waals surface area contributed by atoms with E-state index in [1.54, 1.807) is 13.1 Å². The lowest BCUT2D eigenvalue weighted by Crippen LogP contribution is -2.21. The van der Waals surface area contributed by atoms with Gasteiger partial charge in [-0.15, -0.1) is 0 Å². The van der Waals surface area contributed by atoms with Gasteiger partial charge in [-0.2, -0.15) is 0 Å². The second-order valence-corrected chi connectivity index (χ2v) is 4.05. The first-order chi connectivity index (χ1) is 7.72. The quantitative estimate of drug-likeness (QED) is 0.735. The fourth-order valence-electron chi connectivity index (χ4n) is 2.09. The van der Waals surface area contributed by atoms with Crippen LogP contribution in [0.25, 0.3) is 0 Å².